The summed E-state index contributed by atoms with van der Waals surface area (Å²) in [6, 6.07) is 0. The van der Waals surface area contributed by atoms with Crippen LogP contribution in [0.1, 0.15) is 6.92 Å². The Kier molecular flexibility index (Phi) is 2.00. The molecule has 0 aromatic rings. The minimum atomic E-state index is -4.32. The van der Waals surface area contributed by atoms with E-state index in [0.29, 0.717) is 0 Å². The molecule has 0 aromatic carbocycles. The van der Waals surface area contributed by atoms with Crippen molar-refractivity contribution in [1.29, 1.82) is 0 Å². The molecule has 0 rings (SSSR count). The van der Waals surface area contributed by atoms with Crippen molar-refractivity contribution in [3.05, 3.63) is 12.3 Å². The highest BCUT2D eigenvalue weighted by molar-refractivity contribution is 7.81. The molecule has 0 aliphatic heterocycles. The fraction of sp³-hybridized carbons (Fsp3) is 0.333. The minimum Gasteiger partial charge on any atom is -0.367 e. The molecule has 0 unspecified atom stereocenters. The van der Waals surface area contributed by atoms with E-state index < -0.39 is 10.4 Å². The molecule has 0 radical (unpaired) electrons. The van der Waals surface area contributed by atoms with E-state index in [-0.39, 0.29) is 5.76 Å². The van der Waals surface area contributed by atoms with Gasteiger partial charge < -0.3 is 4.18 Å². The lowest BCUT2D eigenvalue weighted by Crippen LogP contribution is -1.99. The van der Waals surface area contributed by atoms with Crippen LogP contribution in [0.2, 0.25) is 0 Å². The van der Waals surface area contributed by atoms with Crippen LogP contribution in [-0.2, 0) is 14.6 Å². The second-order valence-electron chi connectivity index (χ2n) is 1.21. The zero-order valence-electron chi connectivity index (χ0n) is 4.29. The molecule has 0 saturated heterocycles. The molecule has 48 valence electrons. The zero-order valence-corrected chi connectivity index (χ0v) is 5.10. The van der Waals surface area contributed by atoms with Crippen molar-refractivity contribution in [2.75, 3.05) is 0 Å². The summed E-state index contributed by atoms with van der Waals surface area (Å²) in [7, 11) is -4.32. The largest absolute Gasteiger partial charge is 0.446 e. The van der Waals surface area contributed by atoms with Crippen LogP contribution in [0.3, 0.4) is 0 Å². The molecule has 0 saturated carbocycles. The van der Waals surface area contributed by atoms with Crippen LogP contribution in [0, 0.1) is 0 Å². The van der Waals surface area contributed by atoms with Gasteiger partial charge in [0.2, 0.25) is 0 Å². The molecule has 0 aliphatic rings. The lowest BCUT2D eigenvalue weighted by molar-refractivity contribution is 0.334. The van der Waals surface area contributed by atoms with E-state index >= 15 is 0 Å². The third-order valence-corrected chi connectivity index (χ3v) is 0.743. The van der Waals surface area contributed by atoms with Gasteiger partial charge >= 0.3 is 10.4 Å². The molecule has 8 heavy (non-hydrogen) atoms. The van der Waals surface area contributed by atoms with Crippen LogP contribution < -0.4 is 0 Å². The average molecular weight is 138 g/mol. The maximum Gasteiger partial charge on any atom is 0.446 e. The van der Waals surface area contributed by atoms with Crippen molar-refractivity contribution in [3.63, 3.8) is 0 Å². The molecule has 0 atom stereocenters. The normalized spacial score (nSPS) is 10.8. The number of hydrogen-bond acceptors (Lipinski definition) is 3. The average Bonchev–Trinajstić information content (AvgIpc) is 1.21. The van der Waals surface area contributed by atoms with E-state index in [1.165, 1.54) is 6.92 Å². The van der Waals surface area contributed by atoms with Gasteiger partial charge in [0.15, 0.2) is 0 Å². The van der Waals surface area contributed by atoms with Gasteiger partial charge in [-0.05, 0) is 6.92 Å². The van der Waals surface area contributed by atoms with Crippen LogP contribution >= 0.6 is 0 Å². The van der Waals surface area contributed by atoms with Crippen molar-refractivity contribution in [3.8, 4) is 0 Å². The van der Waals surface area contributed by atoms with Crippen molar-refractivity contribution >= 4 is 10.4 Å². The third-order valence-electron chi connectivity index (χ3n) is 0.248. The predicted octanol–water partition coefficient (Wildman–Crippen LogP) is 0.339. The van der Waals surface area contributed by atoms with Crippen LogP contribution in [0.4, 0.5) is 0 Å². The predicted molar refractivity (Wildman–Crippen MR) is 27.4 cm³/mol. The molecule has 0 spiro atoms. The van der Waals surface area contributed by atoms with E-state index in [1.807, 2.05) is 0 Å². The van der Waals surface area contributed by atoms with E-state index in [9.17, 15) is 8.42 Å². The molecule has 0 bridgehead atoms. The van der Waals surface area contributed by atoms with E-state index in [1.54, 1.807) is 0 Å². The molecule has 0 amide bonds. The lowest BCUT2D eigenvalue weighted by atomic mass is 10.7. The monoisotopic (exact) mass is 138 g/mol. The fourth-order valence-electron chi connectivity index (χ4n) is 0.180. The summed E-state index contributed by atoms with van der Waals surface area (Å²) in [6.07, 6.45) is 0. The van der Waals surface area contributed by atoms with Gasteiger partial charge in [-0.1, -0.05) is 6.58 Å². The first-order valence-corrected chi connectivity index (χ1v) is 3.11. The molecule has 5 heteroatoms. The smallest absolute Gasteiger partial charge is 0.367 e. The summed E-state index contributed by atoms with van der Waals surface area (Å²) in [6.45, 7) is 4.39. The molecule has 0 fully saturated rings. The van der Waals surface area contributed by atoms with Gasteiger partial charge in [-0.15, -0.1) is 0 Å². The molecular formula is C3H6O4S. The SMILES string of the molecule is C=C(C)OS(=O)(=O)O. The molecule has 1 N–H and O–H groups in total. The topological polar surface area (TPSA) is 63.6 Å². The van der Waals surface area contributed by atoms with Crippen LogP contribution in [-0.4, -0.2) is 13.0 Å². The van der Waals surface area contributed by atoms with Gasteiger partial charge in [-0.2, -0.15) is 8.42 Å². The van der Waals surface area contributed by atoms with Gasteiger partial charge in [0.1, 0.15) is 5.76 Å². The Balaban J connectivity index is 3.95. The number of rotatable bonds is 2. The van der Waals surface area contributed by atoms with E-state index in [2.05, 4.69) is 10.8 Å². The molecule has 4 nitrogen and oxygen atoms in total. The van der Waals surface area contributed by atoms with Crippen molar-refractivity contribution in [2.45, 2.75) is 6.92 Å². The maximum absolute atomic E-state index is 9.71. The van der Waals surface area contributed by atoms with Gasteiger partial charge in [-0.25, -0.2) is 0 Å². The Bertz CT molecular complexity index is 177. The van der Waals surface area contributed by atoms with Crippen LogP contribution in [0.15, 0.2) is 12.3 Å². The molecule has 0 aromatic heterocycles. The number of allylic oxidation sites excluding steroid dienone is 1. The van der Waals surface area contributed by atoms with Gasteiger partial charge in [0, 0.05) is 0 Å². The van der Waals surface area contributed by atoms with Crippen LogP contribution in [0.25, 0.3) is 0 Å². The first-order chi connectivity index (χ1) is 3.42. The first-order valence-electron chi connectivity index (χ1n) is 1.74. The second kappa shape index (κ2) is 2.15. The van der Waals surface area contributed by atoms with E-state index in [4.69, 9.17) is 4.55 Å². The second-order valence-corrected chi connectivity index (χ2v) is 2.24. The quantitative estimate of drug-likeness (QED) is 0.441. The Morgan fingerprint density at radius 2 is 2.12 bits per heavy atom. The highest BCUT2D eigenvalue weighted by atomic mass is 32.3. The summed E-state index contributed by atoms with van der Waals surface area (Å²) in [4.78, 5) is 0. The number of hydrogen-bond donors (Lipinski definition) is 1. The zero-order chi connectivity index (χ0) is 6.78. The fourth-order valence-corrected chi connectivity index (χ4v) is 0.539. The Labute approximate surface area is 47.7 Å². The Morgan fingerprint density at radius 1 is 1.75 bits per heavy atom. The highest BCUT2D eigenvalue weighted by Gasteiger charge is 2.01. The lowest BCUT2D eigenvalue weighted by Gasteiger charge is -1.95. The van der Waals surface area contributed by atoms with Crippen molar-refractivity contribution in [1.82, 2.24) is 0 Å². The van der Waals surface area contributed by atoms with Gasteiger partial charge in [0.05, 0.1) is 0 Å². The summed E-state index contributed by atoms with van der Waals surface area (Å²) in [5.41, 5.74) is 0. The molecule has 0 aliphatic carbocycles. The molecular weight excluding hydrogens is 132 g/mol. The van der Waals surface area contributed by atoms with Crippen LogP contribution in [0.5, 0.6) is 0 Å². The first kappa shape index (κ1) is 7.45. The summed E-state index contributed by atoms with van der Waals surface area (Å²) in [5, 5.41) is 0. The van der Waals surface area contributed by atoms with Crippen molar-refractivity contribution < 1.29 is 17.2 Å². The minimum absolute atomic E-state index is 0.0625. The Hall–Kier alpha value is -0.550. The Morgan fingerprint density at radius 3 is 2.12 bits per heavy atom. The maximum atomic E-state index is 9.71. The van der Waals surface area contributed by atoms with Crippen molar-refractivity contribution in [2.24, 2.45) is 0 Å². The standard InChI is InChI=1S/C3H6O4S/c1-3(2)7-8(4,5)6/h1H2,2H3,(H,4,5,6). The molecule has 0 heterocycles. The summed E-state index contributed by atoms with van der Waals surface area (Å²) < 4.78 is 31.1. The van der Waals surface area contributed by atoms with Gasteiger partial charge in [-0.3, -0.25) is 4.55 Å². The van der Waals surface area contributed by atoms with E-state index in [0.717, 1.165) is 0 Å². The third kappa shape index (κ3) is 5.45. The summed E-state index contributed by atoms with van der Waals surface area (Å²) >= 11 is 0. The summed E-state index contributed by atoms with van der Waals surface area (Å²) in [5.74, 6) is -0.0625. The van der Waals surface area contributed by atoms with Gasteiger partial charge in [0.25, 0.3) is 0 Å². The highest BCUT2D eigenvalue weighted by Crippen LogP contribution is 1.94.